The largest absolute Gasteiger partial charge is 0.481 e. The van der Waals surface area contributed by atoms with Crippen LogP contribution in [-0.4, -0.2) is 328 Å². The van der Waals surface area contributed by atoms with Crippen molar-refractivity contribution in [3.05, 3.63) is 24.8 Å². The molecule has 0 aromatic rings. The number of amides is 16. The van der Waals surface area contributed by atoms with Crippen LogP contribution in [0.2, 0.25) is 0 Å². The molecule has 0 saturated heterocycles. The van der Waals surface area contributed by atoms with E-state index in [1.165, 1.54) is 40.8 Å². The quantitative estimate of drug-likeness (QED) is 0.00671. The third-order valence-corrected chi connectivity index (χ3v) is 24.6. The van der Waals surface area contributed by atoms with Gasteiger partial charge in [-0.25, -0.2) is 0 Å². The highest BCUT2D eigenvalue weighted by Crippen LogP contribution is 2.22. The molecular weight excluding hydrogens is 1950 g/mol. The number of ketones is 8. The fraction of sp³-hybridized carbons (Fsp3) is 0.659. The number of nitrogens with one attached hydrogen (secondary N) is 17. The first-order chi connectivity index (χ1) is 68.9. The maximum atomic E-state index is 15.7. The van der Waals surface area contributed by atoms with E-state index in [0.717, 1.165) is 19.9 Å². The van der Waals surface area contributed by atoms with E-state index in [1.54, 1.807) is 47.6 Å². The maximum Gasteiger partial charge on any atom is 0.305 e. The molecule has 12 unspecified atom stereocenters. The van der Waals surface area contributed by atoms with Crippen LogP contribution in [-0.2, 0) is 129 Å². The van der Waals surface area contributed by atoms with E-state index in [9.17, 15) is 96.5 Å². The number of likely N-dealkylation sites (N-methyl/N-ethyl adjacent to an activating group) is 1. The minimum Gasteiger partial charge on any atom is -0.481 e. The summed E-state index contributed by atoms with van der Waals surface area (Å²) in [7, 11) is 1.25. The minimum absolute atomic E-state index is 0.0330. The highest BCUT2D eigenvalue weighted by Gasteiger charge is 2.49. The normalized spacial score (nSPS) is 20.3. The summed E-state index contributed by atoms with van der Waals surface area (Å²) in [6, 6.07) is -39.0. The molecule has 0 aromatic heterocycles. The van der Waals surface area contributed by atoms with E-state index in [0.29, 0.717) is 0 Å². The molecule has 148 heavy (non-hydrogen) atoms. The molecule has 1 aliphatic rings. The Morgan fingerprint density at radius 1 is 0.520 bits per heavy atom. The molecule has 0 bridgehead atoms. The Labute approximate surface area is 854 Å². The Morgan fingerprint density at radius 2 is 0.973 bits per heavy atom. The molecule has 24 atom stereocenters. The van der Waals surface area contributed by atoms with Crippen LogP contribution in [0.4, 0.5) is 0 Å². The minimum atomic E-state index is -3.03. The summed E-state index contributed by atoms with van der Waals surface area (Å²) in [6.45, 7) is 17.7. The summed E-state index contributed by atoms with van der Waals surface area (Å²) in [5.41, 5.74) is 61.9. The molecular formula is C91H152N28O29. The van der Waals surface area contributed by atoms with Gasteiger partial charge in [-0.05, 0) is 135 Å². The maximum absolute atomic E-state index is 15.7. The lowest BCUT2D eigenvalue weighted by atomic mass is 9.89. The number of carboxylic acid groups (broad SMARTS) is 2. The summed E-state index contributed by atoms with van der Waals surface area (Å²) < 4.78 is 0. The third-order valence-electron chi connectivity index (χ3n) is 24.6. The lowest BCUT2D eigenvalue weighted by Gasteiger charge is -2.34. The van der Waals surface area contributed by atoms with Gasteiger partial charge in [0.1, 0.15) is 35.7 Å². The number of hydrogen-bond acceptors (Lipinski definition) is 39. The Hall–Kier alpha value is -13.5. The van der Waals surface area contributed by atoms with Crippen LogP contribution in [0.5, 0.6) is 0 Å². The number of aldehydes is 1. The number of carbonyl (C=O) groups excluding carboxylic acids is 25. The molecule has 1 aliphatic heterocycles. The highest BCUT2D eigenvalue weighted by molar-refractivity contribution is 6.19. The molecule has 0 aliphatic carbocycles. The van der Waals surface area contributed by atoms with Gasteiger partial charge in [-0.1, -0.05) is 93.4 Å². The van der Waals surface area contributed by atoms with Crippen molar-refractivity contribution in [1.29, 1.82) is 0 Å². The molecule has 830 valence electrons. The number of primary amides is 2. The predicted octanol–water partition coefficient (Wildman–Crippen LogP) is -13.3. The third kappa shape index (κ3) is 43.9. The van der Waals surface area contributed by atoms with Crippen LogP contribution < -0.4 is 153 Å². The number of carboxylic acids is 2. The van der Waals surface area contributed by atoms with Gasteiger partial charge in [0, 0.05) is 32.7 Å². The van der Waals surface area contributed by atoms with E-state index in [4.69, 9.17) is 63.1 Å². The van der Waals surface area contributed by atoms with Crippen molar-refractivity contribution < 1.29 is 140 Å². The molecule has 0 aromatic carbocycles. The van der Waals surface area contributed by atoms with E-state index < -0.39 is 373 Å². The van der Waals surface area contributed by atoms with E-state index in [1.807, 2.05) is 21.3 Å². The fourth-order valence-electron chi connectivity index (χ4n) is 14.3. The van der Waals surface area contributed by atoms with Crippen molar-refractivity contribution in [1.82, 2.24) is 90.4 Å². The summed E-state index contributed by atoms with van der Waals surface area (Å²) in [6.07, 6.45) is -6.86. The summed E-state index contributed by atoms with van der Waals surface area (Å²) >= 11 is 0. The number of allylic oxidation sites excluding steroid dienone is 2. The van der Waals surface area contributed by atoms with Crippen LogP contribution in [0.3, 0.4) is 0 Å². The first-order valence-corrected chi connectivity index (χ1v) is 48.1. The molecule has 57 nitrogen and oxygen atoms in total. The molecule has 0 spiro atoms. The molecule has 0 saturated carbocycles. The molecule has 57 heteroatoms. The lowest BCUT2D eigenvalue weighted by molar-refractivity contribution is -0.144. The van der Waals surface area contributed by atoms with Crippen LogP contribution in [0.1, 0.15) is 199 Å². The molecule has 1 rings (SSSR count). The number of rotatable bonds is 63. The number of aliphatic carboxylic acids is 2. The number of carbonyl (C=O) groups is 27. The van der Waals surface area contributed by atoms with Gasteiger partial charge in [0.15, 0.2) is 94.7 Å². The van der Waals surface area contributed by atoms with E-state index in [2.05, 4.69) is 75.7 Å². The average Bonchev–Trinajstić information content (AvgIpc) is 0.874. The Balaban J connectivity index is 4.83. The summed E-state index contributed by atoms with van der Waals surface area (Å²) in [5, 5.41) is 56.7. The lowest BCUT2D eigenvalue weighted by Crippen LogP contribution is -2.69. The Kier molecular flexibility index (Phi) is 57.8. The number of Topliss-reactive ketones (excluding diaryl/α,β-unsaturated/α-hetero) is 8. The topological polar surface area (TPSA) is 992 Å². The zero-order chi connectivity index (χ0) is 114. The first-order valence-electron chi connectivity index (χ1n) is 48.1. The van der Waals surface area contributed by atoms with Gasteiger partial charge in [0.2, 0.25) is 47.3 Å². The molecule has 0 radical (unpaired) electrons. The second-order valence-corrected chi connectivity index (χ2v) is 37.2. The second-order valence-electron chi connectivity index (χ2n) is 37.2. The zero-order valence-electron chi connectivity index (χ0n) is 85.5. The van der Waals surface area contributed by atoms with Gasteiger partial charge >= 0.3 is 11.9 Å². The van der Waals surface area contributed by atoms with Gasteiger partial charge in [0.05, 0.1) is 67.3 Å². The molecule has 41 N–H and O–H groups in total. The molecule has 1 heterocycles. The smallest absolute Gasteiger partial charge is 0.305 e. The summed E-state index contributed by atoms with van der Waals surface area (Å²) in [5.74, 6) is -41.2. The van der Waals surface area contributed by atoms with Crippen LogP contribution in [0, 0.1) is 23.7 Å². The van der Waals surface area contributed by atoms with Gasteiger partial charge in [0.25, 0.3) is 47.3 Å². The second kappa shape index (κ2) is 64.6. The SMILES string of the molecule is C=CC(=O)NC[C@H](NC(=O)C(NC(C)=O)C(=O)C(N)[C@@H](C)CC)C(=O)NC(C(=O)NC(CC(=O)[C@H](C)NC)C(=O)NC(C(=O)NC(C(=O)NC(N[C@H](C=O)CC(C)C)C(=O)NC(C(=O)N[C@@]1(C)CCC/C=C\CCC[C@@](C)(C(N)=O)NC(=O)C(C(=O)[C@@H](N)CC(=O)O)NC(=O)CNC(=O)C(C(=O)C(N)[C@@H](C)CC)NC1=O)C(=O)[C@@H](N)CCCNC(N)N)C(=O)[C@@H](N)CCC(=O)O)C(=O)[C@@H](N)CCC(N)=O)C(=O)C(N)[C@@H](C)CC. The highest BCUT2D eigenvalue weighted by atomic mass is 16.4. The van der Waals surface area contributed by atoms with Crippen molar-refractivity contribution in [2.75, 3.05) is 26.7 Å². The van der Waals surface area contributed by atoms with Crippen molar-refractivity contribution in [2.45, 2.75) is 331 Å². The van der Waals surface area contributed by atoms with Crippen molar-refractivity contribution in [3.63, 3.8) is 0 Å². The van der Waals surface area contributed by atoms with Crippen molar-refractivity contribution in [3.8, 4) is 0 Å². The van der Waals surface area contributed by atoms with Gasteiger partial charge < -0.3 is 158 Å². The van der Waals surface area contributed by atoms with E-state index >= 15 is 43.2 Å². The first kappa shape index (κ1) is 132. The Morgan fingerprint density at radius 3 is 1.45 bits per heavy atom. The predicted molar refractivity (Wildman–Crippen MR) is 527 cm³/mol. The molecule has 16 amide bonds. The number of nitrogens with two attached hydrogens (primary N) is 11. The molecule has 0 fully saturated rings. The van der Waals surface area contributed by atoms with Crippen LogP contribution in [0.15, 0.2) is 24.8 Å². The van der Waals surface area contributed by atoms with E-state index in [-0.39, 0.29) is 77.0 Å². The van der Waals surface area contributed by atoms with Gasteiger partial charge in [-0.2, -0.15) is 0 Å². The zero-order valence-corrected chi connectivity index (χ0v) is 85.5. The number of hydrogen-bond donors (Lipinski definition) is 30. The van der Waals surface area contributed by atoms with Crippen LogP contribution in [0.25, 0.3) is 0 Å². The van der Waals surface area contributed by atoms with Crippen molar-refractivity contribution >= 4 is 159 Å². The average molecular weight is 2100 g/mol. The van der Waals surface area contributed by atoms with Gasteiger partial charge in [-0.3, -0.25) is 135 Å². The fourth-order valence-corrected chi connectivity index (χ4v) is 14.3. The Bertz CT molecular complexity index is 4810. The van der Waals surface area contributed by atoms with Gasteiger partial charge in [-0.15, -0.1) is 0 Å². The summed E-state index contributed by atoms with van der Waals surface area (Å²) in [4.78, 5) is 383. The van der Waals surface area contributed by atoms with Crippen molar-refractivity contribution in [2.24, 2.45) is 86.7 Å². The standard InChI is InChI=1S/C91H152N28O29/c1-15-41(7)59(97)73(134)66-79(139)106-38-56(125)111-64(72(133)50(95)35-58(128)129)84(144)118-90(12,87(100)147)31-23-21-19-20-22-24-32-91(13,88(148)116-66)119-85(145)65(69(130)47(92)26-25-33-104-89(101)102)115-86(146)76(108-46(39-120)34-40(5)6)117-83(143)63(71(132)49(94)28-30-57(126)127)114-82(142)62(70(131)48(93)27-29-54(96)123)112-77(137)51(36-53(122)44(10)103-14)109-81(141)68(75(136)61(99)43(9)17-3)113-78(138)52(37-105-55(124)18-4)110-80(140)67(107-45(11)121)74(135)60(98)42(8)16-2/h18-20,39-44,46-52,59-68,76,89,103-104,108H,4,15-17,21-38,92-95,97-99,101-102H2,1-3,5-14H3,(H2,96,123)(H2,100,147)(H,105,124)(H,106,139)(H,107,121)(H,109,141)(H,110,140)(H,111,125)(H,112,137)(H,113,138)(H,114,142)(H,115,146)(H,116,148)(H,117,143)(H,118,144)(H,119,145)(H,126,127)(H,128,129)/b20-19-/t41-,42-,43-,44-,46-,47-,48-,49-,50-,51?,52-,59?,60?,61?,62?,63?,64?,65?,66?,67?,68?,76?,90-,91-/m0/s1. The monoisotopic (exact) mass is 2100 g/mol. The van der Waals surface area contributed by atoms with Crippen LogP contribution >= 0.6 is 0 Å².